The lowest BCUT2D eigenvalue weighted by Gasteiger charge is -2.37. The quantitative estimate of drug-likeness (QED) is 0.679. The highest BCUT2D eigenvalue weighted by atomic mass is 16.2. The molecule has 0 radical (unpaired) electrons. The van der Waals surface area contributed by atoms with Gasteiger partial charge in [0.2, 0.25) is 5.91 Å². The second kappa shape index (κ2) is 2.88. The van der Waals surface area contributed by atoms with Gasteiger partial charge in [-0.1, -0.05) is 0 Å². The number of carbonyl (C=O) groups excluding carboxylic acids is 1. The maximum atomic E-state index is 11.6. The molecule has 0 saturated carbocycles. The standard InChI is InChI=1S/C9H13N3O/c1-9(6-10-7-9)8(13)11-12-4-2-3-5-12/h2-5,10H,6-7H2,1H3,(H,11,13). The number of aromatic nitrogens is 1. The van der Waals surface area contributed by atoms with E-state index in [-0.39, 0.29) is 11.3 Å². The maximum absolute atomic E-state index is 11.6. The number of nitrogens with one attached hydrogen (secondary N) is 2. The van der Waals surface area contributed by atoms with E-state index in [2.05, 4.69) is 10.7 Å². The molecule has 70 valence electrons. The molecule has 4 nitrogen and oxygen atoms in total. The molecule has 0 aliphatic carbocycles. The van der Waals surface area contributed by atoms with E-state index in [4.69, 9.17) is 0 Å². The molecule has 1 fully saturated rings. The van der Waals surface area contributed by atoms with Gasteiger partial charge in [0.25, 0.3) is 0 Å². The van der Waals surface area contributed by atoms with Crippen LogP contribution in [0.4, 0.5) is 0 Å². The lowest BCUT2D eigenvalue weighted by molar-refractivity contribution is -0.128. The van der Waals surface area contributed by atoms with Gasteiger partial charge in [-0.2, -0.15) is 0 Å². The third-order valence-corrected chi connectivity index (χ3v) is 2.41. The normalized spacial score (nSPS) is 19.2. The van der Waals surface area contributed by atoms with Crippen LogP contribution in [0.3, 0.4) is 0 Å². The van der Waals surface area contributed by atoms with E-state index < -0.39 is 0 Å². The van der Waals surface area contributed by atoms with Crippen LogP contribution in [-0.4, -0.2) is 23.7 Å². The van der Waals surface area contributed by atoms with Crippen LogP contribution in [-0.2, 0) is 4.79 Å². The summed E-state index contributed by atoms with van der Waals surface area (Å²) >= 11 is 0. The highest BCUT2D eigenvalue weighted by Crippen LogP contribution is 2.21. The highest BCUT2D eigenvalue weighted by molar-refractivity contribution is 5.90. The molecule has 0 unspecified atom stereocenters. The minimum absolute atomic E-state index is 0.0717. The van der Waals surface area contributed by atoms with Crippen LogP contribution in [0.5, 0.6) is 0 Å². The van der Waals surface area contributed by atoms with Crippen molar-refractivity contribution in [2.24, 2.45) is 5.41 Å². The van der Waals surface area contributed by atoms with Crippen molar-refractivity contribution in [3.63, 3.8) is 0 Å². The fourth-order valence-corrected chi connectivity index (χ4v) is 1.32. The summed E-state index contributed by atoms with van der Waals surface area (Å²) in [6.45, 7) is 3.49. The number of hydrogen-bond acceptors (Lipinski definition) is 2. The SMILES string of the molecule is CC1(C(=O)Nn2cccc2)CNC1. The lowest BCUT2D eigenvalue weighted by atomic mass is 9.83. The molecule has 1 aromatic rings. The molecule has 0 aromatic carbocycles. The minimum atomic E-state index is -0.232. The molecule has 2 rings (SSSR count). The number of rotatable bonds is 2. The monoisotopic (exact) mass is 179 g/mol. The minimum Gasteiger partial charge on any atom is -0.315 e. The Labute approximate surface area is 76.9 Å². The summed E-state index contributed by atoms with van der Waals surface area (Å²) in [5, 5.41) is 3.09. The van der Waals surface area contributed by atoms with Crippen LogP contribution in [0.2, 0.25) is 0 Å². The number of amides is 1. The first-order chi connectivity index (χ1) is 6.21. The predicted molar refractivity (Wildman–Crippen MR) is 49.8 cm³/mol. The van der Waals surface area contributed by atoms with Gasteiger partial charge in [0.1, 0.15) is 0 Å². The predicted octanol–water partition coefficient (Wildman–Crippen LogP) is 0.168. The molecule has 2 heterocycles. The molecule has 1 aromatic heterocycles. The number of hydrogen-bond donors (Lipinski definition) is 2. The molecular formula is C9H13N3O. The molecule has 1 aliphatic heterocycles. The third-order valence-electron chi connectivity index (χ3n) is 2.41. The number of carbonyl (C=O) groups is 1. The van der Waals surface area contributed by atoms with Crippen LogP contribution in [0.15, 0.2) is 24.5 Å². The Hall–Kier alpha value is -1.29. The van der Waals surface area contributed by atoms with Crippen molar-refractivity contribution in [1.29, 1.82) is 0 Å². The maximum Gasteiger partial charge on any atom is 0.247 e. The van der Waals surface area contributed by atoms with E-state index in [0.717, 1.165) is 13.1 Å². The first-order valence-electron chi connectivity index (χ1n) is 4.36. The second-order valence-corrected chi connectivity index (χ2v) is 3.70. The molecule has 1 saturated heterocycles. The summed E-state index contributed by atoms with van der Waals surface area (Å²) in [4.78, 5) is 11.6. The van der Waals surface area contributed by atoms with E-state index in [1.165, 1.54) is 0 Å². The molecule has 0 atom stereocenters. The Bertz CT molecular complexity index is 301. The van der Waals surface area contributed by atoms with E-state index in [1.807, 2.05) is 31.5 Å². The van der Waals surface area contributed by atoms with Crippen molar-refractivity contribution < 1.29 is 4.79 Å². The van der Waals surface area contributed by atoms with Gasteiger partial charge in [-0.05, 0) is 19.1 Å². The molecule has 4 heteroatoms. The fraction of sp³-hybridized carbons (Fsp3) is 0.444. The van der Waals surface area contributed by atoms with Crippen LogP contribution in [0.1, 0.15) is 6.92 Å². The van der Waals surface area contributed by atoms with Crippen molar-refractivity contribution in [2.45, 2.75) is 6.92 Å². The average molecular weight is 179 g/mol. The van der Waals surface area contributed by atoms with E-state index in [1.54, 1.807) is 4.68 Å². The summed E-state index contributed by atoms with van der Waals surface area (Å²) in [6.07, 6.45) is 3.63. The Balaban J connectivity index is 1.99. The van der Waals surface area contributed by atoms with Crippen molar-refractivity contribution in [3.8, 4) is 0 Å². The van der Waals surface area contributed by atoms with Gasteiger partial charge in [0.15, 0.2) is 0 Å². The number of nitrogens with zero attached hydrogens (tertiary/aromatic N) is 1. The van der Waals surface area contributed by atoms with E-state index in [0.29, 0.717) is 0 Å². The molecule has 13 heavy (non-hydrogen) atoms. The summed E-state index contributed by atoms with van der Waals surface area (Å²) in [5.74, 6) is 0.0717. The zero-order chi connectivity index (χ0) is 9.31. The van der Waals surface area contributed by atoms with Crippen molar-refractivity contribution in [1.82, 2.24) is 9.99 Å². The molecule has 1 amide bonds. The van der Waals surface area contributed by atoms with Crippen molar-refractivity contribution >= 4 is 5.91 Å². The molecular weight excluding hydrogens is 166 g/mol. The van der Waals surface area contributed by atoms with Gasteiger partial charge >= 0.3 is 0 Å². The summed E-state index contributed by atoms with van der Waals surface area (Å²) in [6, 6.07) is 3.75. The molecule has 0 spiro atoms. The average Bonchev–Trinajstić information content (AvgIpc) is 2.52. The zero-order valence-electron chi connectivity index (χ0n) is 7.58. The second-order valence-electron chi connectivity index (χ2n) is 3.70. The van der Waals surface area contributed by atoms with Crippen LogP contribution < -0.4 is 10.7 Å². The van der Waals surface area contributed by atoms with Gasteiger partial charge in [-0.25, -0.2) is 0 Å². The van der Waals surface area contributed by atoms with Crippen LogP contribution in [0.25, 0.3) is 0 Å². The van der Waals surface area contributed by atoms with Crippen LogP contribution in [0, 0.1) is 5.41 Å². The van der Waals surface area contributed by atoms with Gasteiger partial charge in [0, 0.05) is 25.5 Å². The van der Waals surface area contributed by atoms with Gasteiger partial charge < -0.3 is 5.32 Å². The summed E-state index contributed by atoms with van der Waals surface area (Å²) in [7, 11) is 0. The van der Waals surface area contributed by atoms with E-state index in [9.17, 15) is 4.79 Å². The largest absolute Gasteiger partial charge is 0.315 e. The first kappa shape index (κ1) is 8.31. The summed E-state index contributed by atoms with van der Waals surface area (Å²) < 4.78 is 1.67. The molecule has 1 aliphatic rings. The first-order valence-corrected chi connectivity index (χ1v) is 4.36. The van der Waals surface area contributed by atoms with Gasteiger partial charge in [0.05, 0.1) is 5.41 Å². The van der Waals surface area contributed by atoms with Crippen LogP contribution >= 0.6 is 0 Å². The lowest BCUT2D eigenvalue weighted by Crippen LogP contribution is -2.58. The Morgan fingerprint density at radius 2 is 2.08 bits per heavy atom. The Kier molecular flexibility index (Phi) is 1.84. The smallest absolute Gasteiger partial charge is 0.247 e. The van der Waals surface area contributed by atoms with Gasteiger partial charge in [-0.3, -0.25) is 14.9 Å². The molecule has 2 N–H and O–H groups in total. The van der Waals surface area contributed by atoms with Gasteiger partial charge in [-0.15, -0.1) is 0 Å². The van der Waals surface area contributed by atoms with Crippen molar-refractivity contribution in [3.05, 3.63) is 24.5 Å². The fourth-order valence-electron chi connectivity index (χ4n) is 1.32. The van der Waals surface area contributed by atoms with E-state index >= 15 is 0 Å². The topological polar surface area (TPSA) is 46.1 Å². The Morgan fingerprint density at radius 3 is 2.54 bits per heavy atom. The zero-order valence-corrected chi connectivity index (χ0v) is 7.58. The van der Waals surface area contributed by atoms with Crippen molar-refractivity contribution in [2.75, 3.05) is 18.5 Å². The highest BCUT2D eigenvalue weighted by Gasteiger charge is 2.39. The molecule has 0 bridgehead atoms. The third kappa shape index (κ3) is 1.45. The Morgan fingerprint density at radius 1 is 1.46 bits per heavy atom. The summed E-state index contributed by atoms with van der Waals surface area (Å²) in [5.41, 5.74) is 2.57.